The zero-order valence-corrected chi connectivity index (χ0v) is 23.3. The fraction of sp³-hybridized carbons (Fsp3) is 0.423. The van der Waals surface area contributed by atoms with Crippen molar-refractivity contribution in [1.29, 1.82) is 0 Å². The molecule has 1 N–H and O–H groups in total. The molecular formula is C26H29Cl3N4O4. The molecule has 1 aliphatic heterocycles. The predicted molar refractivity (Wildman–Crippen MR) is 146 cm³/mol. The summed E-state index contributed by atoms with van der Waals surface area (Å²) in [5.74, 6) is 0.596. The summed E-state index contributed by atoms with van der Waals surface area (Å²) in [5.41, 5.74) is 0.0522. The van der Waals surface area contributed by atoms with E-state index in [-0.39, 0.29) is 34.9 Å². The second-order valence-corrected chi connectivity index (χ2v) is 11.0. The quantitative estimate of drug-likeness (QED) is 0.292. The second kappa shape index (κ2) is 11.1. The first-order valence-electron chi connectivity index (χ1n) is 11.9. The molecule has 2 aromatic carbocycles. The largest absolute Gasteiger partial charge is 0.484 e. The number of aromatic nitrogens is 2. The third kappa shape index (κ3) is 6.32. The minimum Gasteiger partial charge on any atom is -0.484 e. The van der Waals surface area contributed by atoms with Crippen molar-refractivity contribution in [3.8, 4) is 5.75 Å². The highest BCUT2D eigenvalue weighted by Crippen LogP contribution is 2.37. The lowest BCUT2D eigenvalue weighted by atomic mass is 10.0. The van der Waals surface area contributed by atoms with Crippen LogP contribution in [0, 0.1) is 0 Å². The summed E-state index contributed by atoms with van der Waals surface area (Å²) in [6.07, 6.45) is -1.37. The number of benzene rings is 2. The lowest BCUT2D eigenvalue weighted by Crippen LogP contribution is -2.55. The molecule has 0 aliphatic carbocycles. The van der Waals surface area contributed by atoms with Gasteiger partial charge < -0.3 is 24.4 Å². The van der Waals surface area contributed by atoms with E-state index in [2.05, 4.69) is 9.97 Å². The number of anilines is 1. The van der Waals surface area contributed by atoms with Crippen molar-refractivity contribution >= 4 is 57.5 Å². The Morgan fingerprint density at radius 3 is 2.51 bits per heavy atom. The number of hydrogen-bond donors (Lipinski definition) is 1. The van der Waals surface area contributed by atoms with Crippen LogP contribution in [0.3, 0.4) is 0 Å². The van der Waals surface area contributed by atoms with Gasteiger partial charge >= 0.3 is 6.09 Å². The maximum Gasteiger partial charge on any atom is 0.410 e. The average Bonchev–Trinajstić information content (AvgIpc) is 2.81. The van der Waals surface area contributed by atoms with Crippen LogP contribution < -0.4 is 9.64 Å². The van der Waals surface area contributed by atoms with Gasteiger partial charge in [-0.1, -0.05) is 53.5 Å². The van der Waals surface area contributed by atoms with E-state index in [0.29, 0.717) is 36.0 Å². The zero-order valence-electron chi connectivity index (χ0n) is 21.0. The predicted octanol–water partition coefficient (Wildman–Crippen LogP) is 6.15. The van der Waals surface area contributed by atoms with E-state index in [0.717, 1.165) is 10.8 Å². The molecule has 11 heteroatoms. The smallest absolute Gasteiger partial charge is 0.410 e. The van der Waals surface area contributed by atoms with Gasteiger partial charge in [-0.05, 0) is 56.3 Å². The zero-order chi connectivity index (χ0) is 26.9. The second-order valence-electron chi connectivity index (χ2n) is 9.92. The number of carbonyl (C=O) groups excluding carboxylic acids is 1. The molecule has 1 saturated heterocycles. The van der Waals surface area contributed by atoms with Crippen LogP contribution in [0.1, 0.15) is 39.4 Å². The van der Waals surface area contributed by atoms with E-state index in [4.69, 9.17) is 44.3 Å². The number of halogens is 3. The number of carbonyl (C=O) groups is 1. The highest BCUT2D eigenvalue weighted by atomic mass is 35.5. The SMILES string of the molecule is C[C@H]1CN(C(=O)OC(C)(C)C)CCN1c1nc(Cl)nc(Cl)c1OCC(O)c1cccc2cccc(Cl)c12. The van der Waals surface area contributed by atoms with Crippen molar-refractivity contribution < 1.29 is 19.4 Å². The number of hydrogen-bond acceptors (Lipinski definition) is 7. The number of rotatable bonds is 5. The fourth-order valence-corrected chi connectivity index (χ4v) is 5.04. The number of nitrogens with zero attached hydrogens (tertiary/aromatic N) is 4. The van der Waals surface area contributed by atoms with Gasteiger partial charge in [0.2, 0.25) is 5.28 Å². The van der Waals surface area contributed by atoms with E-state index in [9.17, 15) is 9.90 Å². The van der Waals surface area contributed by atoms with Crippen molar-refractivity contribution in [2.75, 3.05) is 31.1 Å². The molecule has 0 spiro atoms. The summed E-state index contributed by atoms with van der Waals surface area (Å²) >= 11 is 19.0. The van der Waals surface area contributed by atoms with Crippen molar-refractivity contribution in [1.82, 2.24) is 14.9 Å². The van der Waals surface area contributed by atoms with Gasteiger partial charge in [0.25, 0.3) is 0 Å². The minimum atomic E-state index is -0.996. The molecule has 2 heterocycles. The molecule has 198 valence electrons. The van der Waals surface area contributed by atoms with Crippen LogP contribution in [0.2, 0.25) is 15.5 Å². The highest BCUT2D eigenvalue weighted by molar-refractivity contribution is 6.35. The third-order valence-electron chi connectivity index (χ3n) is 5.96. The van der Waals surface area contributed by atoms with Gasteiger partial charge in [0, 0.05) is 36.1 Å². The Morgan fingerprint density at radius 1 is 1.14 bits per heavy atom. The van der Waals surface area contributed by atoms with Crippen LogP contribution in [0.25, 0.3) is 10.8 Å². The molecule has 0 bridgehead atoms. The van der Waals surface area contributed by atoms with Crippen molar-refractivity contribution in [2.24, 2.45) is 0 Å². The normalized spacial score (nSPS) is 17.1. The molecule has 1 unspecified atom stereocenters. The Balaban J connectivity index is 1.54. The van der Waals surface area contributed by atoms with Gasteiger partial charge in [-0.15, -0.1) is 0 Å². The Morgan fingerprint density at radius 2 is 1.84 bits per heavy atom. The fourth-order valence-electron chi connectivity index (χ4n) is 4.32. The van der Waals surface area contributed by atoms with E-state index in [1.807, 2.05) is 56.9 Å². The number of ether oxygens (including phenoxy) is 2. The van der Waals surface area contributed by atoms with Gasteiger partial charge in [0.05, 0.1) is 0 Å². The number of piperazine rings is 1. The summed E-state index contributed by atoms with van der Waals surface area (Å²) in [6.45, 7) is 8.60. The molecule has 8 nitrogen and oxygen atoms in total. The standard InChI is InChI=1S/C26H29Cl3N4O4/c1-15-13-32(25(35)37-26(2,3)4)11-12-33(15)23-21(22(28)30-24(29)31-23)36-14-19(34)17-9-5-7-16-8-6-10-18(27)20(16)17/h5-10,15,19,34H,11-14H2,1-4H3/t15-,19?/m0/s1. The van der Waals surface area contributed by atoms with Crippen molar-refractivity contribution in [3.05, 3.63) is 57.4 Å². The first-order chi connectivity index (χ1) is 17.4. The number of amides is 1. The molecule has 2 atom stereocenters. The first kappa shape index (κ1) is 27.5. The lowest BCUT2D eigenvalue weighted by molar-refractivity contribution is 0.0218. The lowest BCUT2D eigenvalue weighted by Gasteiger charge is -2.41. The molecule has 1 fully saturated rings. The summed E-state index contributed by atoms with van der Waals surface area (Å²) in [4.78, 5) is 24.6. The van der Waals surface area contributed by atoms with E-state index in [1.165, 1.54) is 0 Å². The van der Waals surface area contributed by atoms with Gasteiger partial charge in [0.15, 0.2) is 16.7 Å². The van der Waals surface area contributed by atoms with Crippen molar-refractivity contribution in [3.63, 3.8) is 0 Å². The van der Waals surface area contributed by atoms with E-state index < -0.39 is 11.7 Å². The van der Waals surface area contributed by atoms with E-state index in [1.54, 1.807) is 17.0 Å². The number of aliphatic hydroxyl groups excluding tert-OH is 1. The summed E-state index contributed by atoms with van der Waals surface area (Å²) in [5, 5.41) is 13.2. The monoisotopic (exact) mass is 566 g/mol. The van der Waals surface area contributed by atoms with Crippen LogP contribution in [0.5, 0.6) is 5.75 Å². The molecule has 3 aromatic rings. The van der Waals surface area contributed by atoms with Gasteiger partial charge in [0.1, 0.15) is 18.3 Å². The topological polar surface area (TPSA) is 88.0 Å². The summed E-state index contributed by atoms with van der Waals surface area (Å²) in [7, 11) is 0. The van der Waals surface area contributed by atoms with Crippen LogP contribution in [-0.4, -0.2) is 64.0 Å². The average molecular weight is 568 g/mol. The van der Waals surface area contributed by atoms with Gasteiger partial charge in [-0.25, -0.2) is 9.78 Å². The molecule has 0 saturated carbocycles. The van der Waals surface area contributed by atoms with Gasteiger partial charge in [-0.3, -0.25) is 0 Å². The first-order valence-corrected chi connectivity index (χ1v) is 13.0. The molecule has 37 heavy (non-hydrogen) atoms. The number of fused-ring (bicyclic) bond motifs is 1. The minimum absolute atomic E-state index is 0.0277. The van der Waals surface area contributed by atoms with Crippen LogP contribution in [0.15, 0.2) is 36.4 Å². The summed E-state index contributed by atoms with van der Waals surface area (Å²) in [6, 6.07) is 11.0. The van der Waals surface area contributed by atoms with Gasteiger partial charge in [-0.2, -0.15) is 4.98 Å². The maximum absolute atomic E-state index is 12.6. The Hall–Kier alpha value is -2.52. The molecule has 0 radical (unpaired) electrons. The third-order valence-corrected chi connectivity index (χ3v) is 6.70. The summed E-state index contributed by atoms with van der Waals surface area (Å²) < 4.78 is 11.5. The molecule has 1 aromatic heterocycles. The van der Waals surface area contributed by atoms with Crippen LogP contribution in [0.4, 0.5) is 10.6 Å². The Kier molecular flexibility index (Phi) is 8.23. The van der Waals surface area contributed by atoms with Crippen LogP contribution in [-0.2, 0) is 4.74 Å². The maximum atomic E-state index is 12.6. The molecule has 1 aliphatic rings. The molecule has 4 rings (SSSR count). The number of aliphatic hydroxyl groups is 1. The molecular weight excluding hydrogens is 539 g/mol. The highest BCUT2D eigenvalue weighted by Gasteiger charge is 2.33. The van der Waals surface area contributed by atoms with Crippen molar-refractivity contribution in [2.45, 2.75) is 45.4 Å². The Labute approximate surface area is 231 Å². The van der Waals surface area contributed by atoms with Crippen LogP contribution >= 0.6 is 34.8 Å². The Bertz CT molecular complexity index is 1300. The van der Waals surface area contributed by atoms with E-state index >= 15 is 0 Å². The molecule has 1 amide bonds.